The Morgan fingerprint density at radius 1 is 0.929 bits per heavy atom. The molecule has 0 saturated heterocycles. The largest absolute Gasteiger partial charge is 0.508 e. The molecule has 3 rings (SSSR count). The van der Waals surface area contributed by atoms with Crippen LogP contribution in [0.2, 0.25) is 0 Å². The number of nitrogens with one attached hydrogen (secondary N) is 2. The molecule has 0 bridgehead atoms. The predicted octanol–water partition coefficient (Wildman–Crippen LogP) is 4.14. The van der Waals surface area contributed by atoms with Crippen LogP contribution in [0.1, 0.15) is 15.9 Å². The molecule has 3 N–H and O–H groups in total. The number of carbonyl (C=O) groups is 1. The molecule has 0 heterocycles. The van der Waals surface area contributed by atoms with Crippen LogP contribution in [0.3, 0.4) is 0 Å². The second kappa shape index (κ2) is 9.53. The maximum atomic E-state index is 12.6. The second-order valence-electron chi connectivity index (χ2n) is 6.04. The summed E-state index contributed by atoms with van der Waals surface area (Å²) >= 11 is 5.19. The van der Waals surface area contributed by atoms with Crippen molar-refractivity contribution in [2.75, 3.05) is 11.9 Å². The van der Waals surface area contributed by atoms with Gasteiger partial charge in [0.2, 0.25) is 0 Å². The summed E-state index contributed by atoms with van der Waals surface area (Å²) in [6.45, 7) is 0.463. The van der Waals surface area contributed by atoms with E-state index < -0.39 is 0 Å². The summed E-state index contributed by atoms with van der Waals surface area (Å²) in [5.41, 5.74) is 2.24. The van der Waals surface area contributed by atoms with Crippen LogP contribution < -0.4 is 15.4 Å². The Labute approximate surface area is 169 Å². The molecule has 0 aliphatic heterocycles. The summed E-state index contributed by atoms with van der Waals surface area (Å²) < 4.78 is 5.82. The normalized spacial score (nSPS) is 10.1. The van der Waals surface area contributed by atoms with E-state index in [9.17, 15) is 9.90 Å². The van der Waals surface area contributed by atoms with Crippen molar-refractivity contribution in [2.45, 2.75) is 6.42 Å². The standard InChI is InChI=1S/C22H20N2O3S/c25-18-12-10-17(11-13-18)23-22(28)24-21(26)19-8-4-5-9-20(19)27-15-14-16-6-2-1-3-7-16/h1-13,25H,14-15H2,(H2,23,24,26,28). The molecule has 0 atom stereocenters. The first kappa shape index (κ1) is 19.4. The van der Waals surface area contributed by atoms with Crippen molar-refractivity contribution in [1.29, 1.82) is 0 Å². The van der Waals surface area contributed by atoms with Gasteiger partial charge in [-0.25, -0.2) is 0 Å². The Kier molecular flexibility index (Phi) is 6.59. The number of carbonyl (C=O) groups excluding carboxylic acids is 1. The van der Waals surface area contributed by atoms with E-state index >= 15 is 0 Å². The third-order valence-electron chi connectivity index (χ3n) is 3.98. The van der Waals surface area contributed by atoms with E-state index in [1.807, 2.05) is 36.4 Å². The number of rotatable bonds is 6. The highest BCUT2D eigenvalue weighted by atomic mass is 32.1. The minimum absolute atomic E-state index is 0.155. The van der Waals surface area contributed by atoms with Gasteiger partial charge < -0.3 is 15.2 Å². The molecular weight excluding hydrogens is 372 g/mol. The molecule has 3 aromatic rings. The number of hydrogen-bond donors (Lipinski definition) is 3. The summed E-state index contributed by atoms with van der Waals surface area (Å²) in [5, 5.41) is 15.0. The van der Waals surface area contributed by atoms with Crippen LogP contribution in [0.4, 0.5) is 5.69 Å². The lowest BCUT2D eigenvalue weighted by molar-refractivity contribution is 0.0974. The summed E-state index contributed by atoms with van der Waals surface area (Å²) in [6, 6.07) is 23.4. The van der Waals surface area contributed by atoms with Crippen LogP contribution in [-0.2, 0) is 6.42 Å². The average Bonchev–Trinajstić information content (AvgIpc) is 2.71. The third-order valence-corrected chi connectivity index (χ3v) is 4.18. The predicted molar refractivity (Wildman–Crippen MR) is 114 cm³/mol. The first-order valence-corrected chi connectivity index (χ1v) is 9.20. The molecule has 0 aromatic heterocycles. The van der Waals surface area contributed by atoms with Gasteiger partial charge in [0, 0.05) is 12.1 Å². The molecule has 0 radical (unpaired) electrons. The number of amides is 1. The summed E-state index contributed by atoms with van der Waals surface area (Å²) in [7, 11) is 0. The zero-order valence-electron chi connectivity index (χ0n) is 15.1. The van der Waals surface area contributed by atoms with Gasteiger partial charge in [-0.15, -0.1) is 0 Å². The molecule has 6 heteroatoms. The van der Waals surface area contributed by atoms with E-state index in [-0.39, 0.29) is 16.8 Å². The number of para-hydroxylation sites is 1. The average molecular weight is 392 g/mol. The number of thiocarbonyl (C=S) groups is 1. The Hall–Kier alpha value is -3.38. The highest BCUT2D eigenvalue weighted by Crippen LogP contribution is 2.19. The molecule has 142 valence electrons. The lowest BCUT2D eigenvalue weighted by Gasteiger charge is -2.13. The monoisotopic (exact) mass is 392 g/mol. The van der Waals surface area contributed by atoms with Gasteiger partial charge >= 0.3 is 0 Å². The van der Waals surface area contributed by atoms with E-state index in [1.54, 1.807) is 30.3 Å². The minimum Gasteiger partial charge on any atom is -0.508 e. The molecule has 5 nitrogen and oxygen atoms in total. The molecular formula is C22H20N2O3S. The van der Waals surface area contributed by atoms with Gasteiger partial charge in [0.1, 0.15) is 11.5 Å². The van der Waals surface area contributed by atoms with Crippen molar-refractivity contribution in [3.63, 3.8) is 0 Å². The second-order valence-corrected chi connectivity index (χ2v) is 6.44. The van der Waals surface area contributed by atoms with Crippen LogP contribution >= 0.6 is 12.2 Å². The Morgan fingerprint density at radius 2 is 1.61 bits per heavy atom. The van der Waals surface area contributed by atoms with Crippen LogP contribution in [0.5, 0.6) is 11.5 Å². The van der Waals surface area contributed by atoms with Gasteiger partial charge in [-0.05, 0) is 54.2 Å². The first-order valence-electron chi connectivity index (χ1n) is 8.79. The van der Waals surface area contributed by atoms with E-state index in [0.29, 0.717) is 23.6 Å². The van der Waals surface area contributed by atoms with Gasteiger partial charge in [-0.2, -0.15) is 0 Å². The number of aromatic hydroxyl groups is 1. The lowest BCUT2D eigenvalue weighted by Crippen LogP contribution is -2.34. The van der Waals surface area contributed by atoms with Crippen molar-refractivity contribution in [3.05, 3.63) is 90.0 Å². The smallest absolute Gasteiger partial charge is 0.261 e. The fourth-order valence-corrected chi connectivity index (χ4v) is 2.79. The van der Waals surface area contributed by atoms with Crippen molar-refractivity contribution < 1.29 is 14.6 Å². The third kappa shape index (κ3) is 5.56. The molecule has 0 unspecified atom stereocenters. The number of phenolic OH excluding ortho intramolecular Hbond substituents is 1. The van der Waals surface area contributed by atoms with Crippen LogP contribution in [-0.4, -0.2) is 22.7 Å². The van der Waals surface area contributed by atoms with Crippen molar-refractivity contribution >= 4 is 28.9 Å². The van der Waals surface area contributed by atoms with Crippen LogP contribution in [0.15, 0.2) is 78.9 Å². The number of ether oxygens (including phenoxy) is 1. The molecule has 0 spiro atoms. The Bertz CT molecular complexity index is 944. The van der Waals surface area contributed by atoms with E-state index in [2.05, 4.69) is 10.6 Å². The van der Waals surface area contributed by atoms with Gasteiger partial charge in [0.25, 0.3) is 5.91 Å². The molecule has 0 aliphatic carbocycles. The van der Waals surface area contributed by atoms with Crippen molar-refractivity contribution in [3.8, 4) is 11.5 Å². The lowest BCUT2D eigenvalue weighted by atomic mass is 10.1. The molecule has 3 aromatic carbocycles. The molecule has 0 fully saturated rings. The topological polar surface area (TPSA) is 70.6 Å². The van der Waals surface area contributed by atoms with E-state index in [1.165, 1.54) is 17.7 Å². The minimum atomic E-state index is -0.355. The number of anilines is 1. The van der Waals surface area contributed by atoms with Crippen LogP contribution in [0.25, 0.3) is 0 Å². The van der Waals surface area contributed by atoms with E-state index in [4.69, 9.17) is 17.0 Å². The zero-order valence-corrected chi connectivity index (χ0v) is 15.9. The van der Waals surface area contributed by atoms with Gasteiger partial charge in [-0.3, -0.25) is 10.1 Å². The molecule has 1 amide bonds. The summed E-state index contributed by atoms with van der Waals surface area (Å²) in [5.74, 6) is 0.303. The molecule has 0 saturated carbocycles. The van der Waals surface area contributed by atoms with Gasteiger partial charge in [0.15, 0.2) is 5.11 Å². The number of phenols is 1. The maximum Gasteiger partial charge on any atom is 0.261 e. The van der Waals surface area contributed by atoms with Crippen molar-refractivity contribution in [1.82, 2.24) is 5.32 Å². The molecule has 28 heavy (non-hydrogen) atoms. The summed E-state index contributed by atoms with van der Waals surface area (Å²) in [4.78, 5) is 12.6. The van der Waals surface area contributed by atoms with Crippen LogP contribution in [0, 0.1) is 0 Å². The first-order chi connectivity index (χ1) is 13.6. The SMILES string of the molecule is O=C(NC(=S)Nc1ccc(O)cc1)c1ccccc1OCCc1ccccc1. The zero-order chi connectivity index (χ0) is 19.8. The Morgan fingerprint density at radius 3 is 2.36 bits per heavy atom. The Balaban J connectivity index is 1.58. The summed E-state index contributed by atoms with van der Waals surface area (Å²) in [6.07, 6.45) is 0.748. The number of benzene rings is 3. The quantitative estimate of drug-likeness (QED) is 0.434. The highest BCUT2D eigenvalue weighted by molar-refractivity contribution is 7.80. The van der Waals surface area contributed by atoms with E-state index in [0.717, 1.165) is 6.42 Å². The number of hydrogen-bond acceptors (Lipinski definition) is 4. The maximum absolute atomic E-state index is 12.6. The molecule has 0 aliphatic rings. The van der Waals surface area contributed by atoms with Gasteiger partial charge in [0.05, 0.1) is 12.2 Å². The fourth-order valence-electron chi connectivity index (χ4n) is 2.58. The van der Waals surface area contributed by atoms with Crippen molar-refractivity contribution in [2.24, 2.45) is 0 Å². The fraction of sp³-hybridized carbons (Fsp3) is 0.0909. The highest BCUT2D eigenvalue weighted by Gasteiger charge is 2.13. The van der Waals surface area contributed by atoms with Gasteiger partial charge in [-0.1, -0.05) is 42.5 Å².